The summed E-state index contributed by atoms with van der Waals surface area (Å²) in [5.41, 5.74) is 0. The Kier molecular flexibility index (Phi) is 5.33. The summed E-state index contributed by atoms with van der Waals surface area (Å²) in [6, 6.07) is -0.0621. The molecule has 2 saturated heterocycles. The molecule has 1 unspecified atom stereocenters. The van der Waals surface area contributed by atoms with Crippen molar-refractivity contribution in [2.75, 3.05) is 50.8 Å². The number of carbonyl (C=O) groups is 2. The number of amides is 2. The molecule has 0 aromatic carbocycles. The van der Waals surface area contributed by atoms with E-state index in [9.17, 15) is 9.59 Å². The molecule has 0 spiro atoms. The molecular formula is C12H21N3O3S. The van der Waals surface area contributed by atoms with Gasteiger partial charge in [0.05, 0.1) is 12.6 Å². The van der Waals surface area contributed by atoms with Crippen LogP contribution in [0, 0.1) is 0 Å². The average Bonchev–Trinajstić information content (AvgIpc) is 2.48. The van der Waals surface area contributed by atoms with Gasteiger partial charge in [-0.2, -0.15) is 11.8 Å². The third kappa shape index (κ3) is 3.76. The van der Waals surface area contributed by atoms with Crippen LogP contribution in [0.3, 0.4) is 0 Å². The predicted octanol–water partition coefficient (Wildman–Crippen LogP) is -0.00790. The highest BCUT2D eigenvalue weighted by Gasteiger charge is 2.29. The molecule has 0 saturated carbocycles. The Morgan fingerprint density at radius 3 is 2.53 bits per heavy atom. The number of nitrogens with zero attached hydrogens (tertiary/aromatic N) is 2. The van der Waals surface area contributed by atoms with Crippen molar-refractivity contribution in [3.05, 3.63) is 0 Å². The molecule has 7 heteroatoms. The second-order valence-corrected chi connectivity index (χ2v) is 5.74. The second kappa shape index (κ2) is 7.00. The standard InChI is InChI=1S/C12H21N3O3S/c1-2-18-12(17)15-6-4-14(5-7-15)11(16)10-9-19-8-3-13-10/h10,13H,2-9H2,1H3. The van der Waals surface area contributed by atoms with Gasteiger partial charge in [0.2, 0.25) is 5.91 Å². The van der Waals surface area contributed by atoms with Crippen LogP contribution in [0.2, 0.25) is 0 Å². The molecular weight excluding hydrogens is 266 g/mol. The zero-order valence-corrected chi connectivity index (χ0v) is 12.1. The lowest BCUT2D eigenvalue weighted by atomic mass is 10.2. The van der Waals surface area contributed by atoms with Crippen molar-refractivity contribution < 1.29 is 14.3 Å². The van der Waals surface area contributed by atoms with E-state index in [1.54, 1.807) is 11.8 Å². The Balaban J connectivity index is 1.79. The summed E-state index contributed by atoms with van der Waals surface area (Å²) < 4.78 is 4.96. The Labute approximate surface area is 117 Å². The molecule has 108 valence electrons. The van der Waals surface area contributed by atoms with E-state index in [-0.39, 0.29) is 18.0 Å². The zero-order valence-electron chi connectivity index (χ0n) is 11.3. The van der Waals surface area contributed by atoms with Crippen LogP contribution >= 0.6 is 11.8 Å². The highest BCUT2D eigenvalue weighted by atomic mass is 32.2. The SMILES string of the molecule is CCOC(=O)N1CCN(C(=O)C2CSCCN2)CC1. The average molecular weight is 287 g/mol. The van der Waals surface area contributed by atoms with Crippen LogP contribution in [-0.2, 0) is 9.53 Å². The number of nitrogens with one attached hydrogen (secondary N) is 1. The Morgan fingerprint density at radius 1 is 1.26 bits per heavy atom. The van der Waals surface area contributed by atoms with Gasteiger partial charge in [-0.25, -0.2) is 4.79 Å². The van der Waals surface area contributed by atoms with Gasteiger partial charge >= 0.3 is 6.09 Å². The van der Waals surface area contributed by atoms with Gasteiger partial charge in [0.1, 0.15) is 0 Å². The van der Waals surface area contributed by atoms with Gasteiger partial charge in [0.25, 0.3) is 0 Å². The van der Waals surface area contributed by atoms with Crippen molar-refractivity contribution in [2.24, 2.45) is 0 Å². The molecule has 2 heterocycles. The number of hydrogen-bond donors (Lipinski definition) is 1. The predicted molar refractivity (Wildman–Crippen MR) is 74.3 cm³/mol. The fourth-order valence-electron chi connectivity index (χ4n) is 2.27. The first-order valence-electron chi connectivity index (χ1n) is 6.74. The van der Waals surface area contributed by atoms with E-state index in [0.717, 1.165) is 18.1 Å². The van der Waals surface area contributed by atoms with Crippen molar-refractivity contribution in [1.82, 2.24) is 15.1 Å². The van der Waals surface area contributed by atoms with Crippen LogP contribution in [-0.4, -0.2) is 78.7 Å². The van der Waals surface area contributed by atoms with Gasteiger partial charge in [-0.3, -0.25) is 4.79 Å². The summed E-state index contributed by atoms with van der Waals surface area (Å²) in [5.74, 6) is 2.08. The maximum atomic E-state index is 12.3. The minimum atomic E-state index is -0.277. The molecule has 2 rings (SSSR count). The van der Waals surface area contributed by atoms with E-state index in [2.05, 4.69) is 5.32 Å². The van der Waals surface area contributed by atoms with Crippen LogP contribution in [0.5, 0.6) is 0 Å². The van der Waals surface area contributed by atoms with Crippen LogP contribution < -0.4 is 5.32 Å². The molecule has 0 radical (unpaired) electrons. The third-order valence-electron chi connectivity index (χ3n) is 3.34. The number of hydrogen-bond acceptors (Lipinski definition) is 5. The third-order valence-corrected chi connectivity index (χ3v) is 4.40. The highest BCUT2D eigenvalue weighted by molar-refractivity contribution is 7.99. The highest BCUT2D eigenvalue weighted by Crippen LogP contribution is 2.12. The van der Waals surface area contributed by atoms with E-state index < -0.39 is 0 Å². The molecule has 1 N–H and O–H groups in total. The van der Waals surface area contributed by atoms with Crippen LogP contribution in [0.4, 0.5) is 4.79 Å². The molecule has 0 aromatic heterocycles. The minimum Gasteiger partial charge on any atom is -0.450 e. The van der Waals surface area contributed by atoms with Crippen molar-refractivity contribution >= 4 is 23.8 Å². The number of piperazine rings is 1. The van der Waals surface area contributed by atoms with Crippen molar-refractivity contribution in [1.29, 1.82) is 0 Å². The molecule has 2 aliphatic rings. The molecule has 0 bridgehead atoms. The monoisotopic (exact) mass is 287 g/mol. The molecule has 19 heavy (non-hydrogen) atoms. The van der Waals surface area contributed by atoms with Crippen LogP contribution in [0.1, 0.15) is 6.92 Å². The molecule has 0 aliphatic carbocycles. The van der Waals surface area contributed by atoms with Crippen molar-refractivity contribution in [2.45, 2.75) is 13.0 Å². The van der Waals surface area contributed by atoms with E-state index in [1.807, 2.05) is 16.7 Å². The first kappa shape index (κ1) is 14.5. The maximum absolute atomic E-state index is 12.3. The largest absolute Gasteiger partial charge is 0.450 e. The first-order valence-corrected chi connectivity index (χ1v) is 7.89. The quantitative estimate of drug-likeness (QED) is 0.774. The summed E-state index contributed by atoms with van der Waals surface area (Å²) in [4.78, 5) is 27.3. The fourth-order valence-corrected chi connectivity index (χ4v) is 3.19. The summed E-state index contributed by atoms with van der Waals surface area (Å²) in [5, 5.41) is 3.25. The smallest absolute Gasteiger partial charge is 0.409 e. The number of rotatable bonds is 2. The van der Waals surface area contributed by atoms with Gasteiger partial charge in [-0.15, -0.1) is 0 Å². The number of carbonyl (C=O) groups excluding carboxylic acids is 2. The van der Waals surface area contributed by atoms with Crippen LogP contribution in [0.15, 0.2) is 0 Å². The number of thioether (sulfide) groups is 1. The molecule has 2 aliphatic heterocycles. The molecule has 2 amide bonds. The van der Waals surface area contributed by atoms with Crippen molar-refractivity contribution in [3.8, 4) is 0 Å². The maximum Gasteiger partial charge on any atom is 0.409 e. The molecule has 1 atom stereocenters. The Hall–Kier alpha value is -0.950. The summed E-state index contributed by atoms with van der Waals surface area (Å²) in [6.45, 7) is 5.39. The zero-order chi connectivity index (χ0) is 13.7. The van der Waals surface area contributed by atoms with E-state index in [1.165, 1.54) is 0 Å². The second-order valence-electron chi connectivity index (χ2n) is 4.59. The normalized spacial score (nSPS) is 24.2. The van der Waals surface area contributed by atoms with E-state index >= 15 is 0 Å². The lowest BCUT2D eigenvalue weighted by molar-refractivity contribution is -0.134. The molecule has 0 aromatic rings. The summed E-state index contributed by atoms with van der Waals surface area (Å²) in [6.07, 6.45) is -0.277. The molecule has 6 nitrogen and oxygen atoms in total. The Morgan fingerprint density at radius 2 is 1.95 bits per heavy atom. The fraction of sp³-hybridized carbons (Fsp3) is 0.833. The summed E-state index contributed by atoms with van der Waals surface area (Å²) in [7, 11) is 0. The van der Waals surface area contributed by atoms with Gasteiger partial charge in [-0.1, -0.05) is 0 Å². The summed E-state index contributed by atoms with van der Waals surface area (Å²) >= 11 is 1.81. The van der Waals surface area contributed by atoms with Gasteiger partial charge in [-0.05, 0) is 6.92 Å². The van der Waals surface area contributed by atoms with Gasteiger partial charge in [0, 0.05) is 44.2 Å². The number of ether oxygens (including phenoxy) is 1. The first-order chi connectivity index (χ1) is 9.22. The minimum absolute atomic E-state index is 0.0621. The Bertz CT molecular complexity index is 326. The van der Waals surface area contributed by atoms with E-state index in [0.29, 0.717) is 32.8 Å². The van der Waals surface area contributed by atoms with E-state index in [4.69, 9.17) is 4.74 Å². The van der Waals surface area contributed by atoms with Crippen molar-refractivity contribution in [3.63, 3.8) is 0 Å². The van der Waals surface area contributed by atoms with Gasteiger partial charge in [0.15, 0.2) is 0 Å². The van der Waals surface area contributed by atoms with Crippen LogP contribution in [0.25, 0.3) is 0 Å². The molecule has 2 fully saturated rings. The van der Waals surface area contributed by atoms with Gasteiger partial charge < -0.3 is 19.9 Å². The lowest BCUT2D eigenvalue weighted by Crippen LogP contribution is -2.56. The lowest BCUT2D eigenvalue weighted by Gasteiger charge is -2.36. The topological polar surface area (TPSA) is 61.9 Å².